The topological polar surface area (TPSA) is 78.8 Å². The van der Waals surface area contributed by atoms with Crippen LogP contribution in [0.2, 0.25) is 0 Å². The Balaban J connectivity index is 1.60. The summed E-state index contributed by atoms with van der Waals surface area (Å²) < 4.78 is 5.40. The summed E-state index contributed by atoms with van der Waals surface area (Å²) in [6.07, 6.45) is 4.77. The van der Waals surface area contributed by atoms with Gasteiger partial charge in [0.1, 0.15) is 5.69 Å². The predicted octanol–water partition coefficient (Wildman–Crippen LogP) is 3.07. The third-order valence-corrected chi connectivity index (χ3v) is 4.22. The highest BCUT2D eigenvalue weighted by atomic mass is 16.5. The highest BCUT2D eigenvalue weighted by molar-refractivity contribution is 5.67. The van der Waals surface area contributed by atoms with Crippen LogP contribution in [-0.4, -0.2) is 33.1 Å². The number of hydrogen-bond donors (Lipinski definition) is 0. The highest BCUT2D eigenvalue weighted by Gasteiger charge is 2.27. The minimum atomic E-state index is 0.138. The summed E-state index contributed by atoms with van der Waals surface area (Å²) in [5, 5.41) is 13.0. The van der Waals surface area contributed by atoms with Gasteiger partial charge in [0.25, 0.3) is 5.89 Å². The van der Waals surface area contributed by atoms with Gasteiger partial charge < -0.3 is 9.42 Å². The molecule has 0 aliphatic carbocycles. The number of likely N-dealkylation sites (tertiary alicyclic amines) is 1. The van der Waals surface area contributed by atoms with E-state index in [0.717, 1.165) is 24.1 Å². The van der Waals surface area contributed by atoms with E-state index < -0.39 is 0 Å². The van der Waals surface area contributed by atoms with Crippen molar-refractivity contribution >= 4 is 0 Å². The SMILES string of the molecule is N#CN1CCC(c2noc(-c3cc(-c4ccccc4)ccn3)n2)C1. The van der Waals surface area contributed by atoms with E-state index in [4.69, 9.17) is 9.78 Å². The van der Waals surface area contributed by atoms with Crippen LogP contribution in [0.5, 0.6) is 0 Å². The molecule has 1 aliphatic rings. The summed E-state index contributed by atoms with van der Waals surface area (Å²) in [6, 6.07) is 14.0. The molecule has 1 atom stereocenters. The normalized spacial score (nSPS) is 17.0. The van der Waals surface area contributed by atoms with Crippen LogP contribution < -0.4 is 0 Å². The molecule has 24 heavy (non-hydrogen) atoms. The Hall–Kier alpha value is -3.20. The van der Waals surface area contributed by atoms with E-state index in [9.17, 15) is 0 Å². The van der Waals surface area contributed by atoms with Gasteiger partial charge in [0.05, 0.1) is 0 Å². The Morgan fingerprint density at radius 3 is 2.83 bits per heavy atom. The minimum Gasteiger partial charge on any atom is -0.332 e. The second-order valence-corrected chi connectivity index (χ2v) is 5.79. The first kappa shape index (κ1) is 14.4. The van der Waals surface area contributed by atoms with Gasteiger partial charge in [-0.3, -0.25) is 4.98 Å². The lowest BCUT2D eigenvalue weighted by molar-refractivity contribution is 0.412. The zero-order chi connectivity index (χ0) is 16.4. The average molecular weight is 317 g/mol. The Labute approximate surface area is 139 Å². The Kier molecular flexibility index (Phi) is 3.67. The molecule has 2 aromatic heterocycles. The number of hydrogen-bond acceptors (Lipinski definition) is 6. The molecule has 1 unspecified atom stereocenters. The first-order valence-electron chi connectivity index (χ1n) is 7.83. The second kappa shape index (κ2) is 6.13. The van der Waals surface area contributed by atoms with Crippen LogP contribution >= 0.6 is 0 Å². The van der Waals surface area contributed by atoms with Crippen molar-refractivity contribution < 1.29 is 4.52 Å². The molecule has 0 amide bonds. The number of benzene rings is 1. The molecule has 0 spiro atoms. The zero-order valence-electron chi connectivity index (χ0n) is 13.0. The Morgan fingerprint density at radius 2 is 2.04 bits per heavy atom. The van der Waals surface area contributed by atoms with E-state index in [1.54, 1.807) is 11.1 Å². The van der Waals surface area contributed by atoms with E-state index in [0.29, 0.717) is 24.0 Å². The van der Waals surface area contributed by atoms with Crippen molar-refractivity contribution in [1.29, 1.82) is 5.26 Å². The molecule has 1 aromatic carbocycles. The lowest BCUT2D eigenvalue weighted by Gasteiger charge is -2.04. The van der Waals surface area contributed by atoms with Crippen molar-refractivity contribution in [2.24, 2.45) is 0 Å². The van der Waals surface area contributed by atoms with Crippen LogP contribution in [0.4, 0.5) is 0 Å². The molecule has 118 valence electrons. The molecule has 0 saturated carbocycles. The number of pyridine rings is 1. The molecule has 1 aliphatic heterocycles. The molecule has 4 rings (SSSR count). The van der Waals surface area contributed by atoms with Gasteiger partial charge in [-0.2, -0.15) is 10.2 Å². The summed E-state index contributed by atoms with van der Waals surface area (Å²) in [5.41, 5.74) is 2.82. The van der Waals surface area contributed by atoms with Gasteiger partial charge in [0, 0.05) is 25.2 Å². The van der Waals surface area contributed by atoms with Crippen LogP contribution in [0.25, 0.3) is 22.7 Å². The van der Waals surface area contributed by atoms with Crippen molar-refractivity contribution in [3.05, 3.63) is 54.5 Å². The van der Waals surface area contributed by atoms with E-state index >= 15 is 0 Å². The molecular formula is C18H15N5O. The largest absolute Gasteiger partial charge is 0.332 e. The Morgan fingerprint density at radius 1 is 1.17 bits per heavy atom. The number of aromatic nitrogens is 3. The summed E-state index contributed by atoms with van der Waals surface area (Å²) in [6.45, 7) is 1.39. The monoisotopic (exact) mass is 317 g/mol. The van der Waals surface area contributed by atoms with E-state index in [-0.39, 0.29) is 5.92 Å². The molecule has 0 bridgehead atoms. The molecule has 1 saturated heterocycles. The van der Waals surface area contributed by atoms with Crippen molar-refractivity contribution in [3.63, 3.8) is 0 Å². The molecule has 6 nitrogen and oxygen atoms in total. The maximum Gasteiger partial charge on any atom is 0.276 e. The molecule has 6 heteroatoms. The fourth-order valence-corrected chi connectivity index (χ4v) is 2.92. The van der Waals surface area contributed by atoms with Crippen LogP contribution in [0.3, 0.4) is 0 Å². The van der Waals surface area contributed by atoms with Crippen molar-refractivity contribution in [1.82, 2.24) is 20.0 Å². The quantitative estimate of drug-likeness (QED) is 0.691. The summed E-state index contributed by atoms with van der Waals surface area (Å²) in [5.74, 6) is 1.20. The van der Waals surface area contributed by atoms with Crippen LogP contribution in [0.1, 0.15) is 18.2 Å². The lowest BCUT2D eigenvalue weighted by atomic mass is 10.1. The van der Waals surface area contributed by atoms with Gasteiger partial charge in [-0.25, -0.2) is 0 Å². The molecule has 3 aromatic rings. The summed E-state index contributed by atoms with van der Waals surface area (Å²) in [4.78, 5) is 10.6. The third-order valence-electron chi connectivity index (χ3n) is 4.22. The molecule has 0 radical (unpaired) electrons. The van der Waals surface area contributed by atoms with Crippen molar-refractivity contribution in [2.75, 3.05) is 13.1 Å². The number of nitrogens with zero attached hydrogens (tertiary/aromatic N) is 5. The highest BCUT2D eigenvalue weighted by Crippen LogP contribution is 2.28. The predicted molar refractivity (Wildman–Crippen MR) is 87.5 cm³/mol. The van der Waals surface area contributed by atoms with E-state index in [2.05, 4.69) is 21.3 Å². The van der Waals surface area contributed by atoms with E-state index in [1.165, 1.54) is 0 Å². The average Bonchev–Trinajstić information content (AvgIpc) is 3.32. The number of nitriles is 1. The summed E-state index contributed by atoms with van der Waals surface area (Å²) >= 11 is 0. The molecule has 1 fully saturated rings. The van der Waals surface area contributed by atoms with Gasteiger partial charge in [0.2, 0.25) is 0 Å². The fraction of sp³-hybridized carbons (Fsp3) is 0.222. The number of rotatable bonds is 3. The van der Waals surface area contributed by atoms with Gasteiger partial charge >= 0.3 is 0 Å². The molecular weight excluding hydrogens is 302 g/mol. The standard InChI is InChI=1S/C18H15N5O/c19-12-23-9-7-15(11-23)17-21-18(24-22-17)16-10-14(6-8-20-16)13-4-2-1-3-5-13/h1-6,8,10,15H,7,9,11H2. The van der Waals surface area contributed by atoms with Crippen molar-refractivity contribution in [3.8, 4) is 28.9 Å². The molecule has 0 N–H and O–H groups in total. The van der Waals surface area contributed by atoms with Crippen molar-refractivity contribution in [2.45, 2.75) is 12.3 Å². The van der Waals surface area contributed by atoms with Gasteiger partial charge in [-0.05, 0) is 29.7 Å². The van der Waals surface area contributed by atoms with Crippen LogP contribution in [0.15, 0.2) is 53.2 Å². The van der Waals surface area contributed by atoms with Crippen LogP contribution in [-0.2, 0) is 0 Å². The minimum absolute atomic E-state index is 0.138. The maximum atomic E-state index is 8.95. The smallest absolute Gasteiger partial charge is 0.276 e. The van der Waals surface area contributed by atoms with E-state index in [1.807, 2.05) is 42.5 Å². The Bertz CT molecular complexity index is 884. The van der Waals surface area contributed by atoms with Gasteiger partial charge in [-0.1, -0.05) is 35.5 Å². The molecule has 3 heterocycles. The van der Waals surface area contributed by atoms with Gasteiger partial charge in [-0.15, -0.1) is 0 Å². The van der Waals surface area contributed by atoms with Crippen LogP contribution in [0, 0.1) is 11.5 Å². The second-order valence-electron chi connectivity index (χ2n) is 5.79. The van der Waals surface area contributed by atoms with Gasteiger partial charge in [0.15, 0.2) is 12.0 Å². The first-order chi connectivity index (χ1) is 11.8. The zero-order valence-corrected chi connectivity index (χ0v) is 13.0. The third kappa shape index (κ3) is 2.72. The first-order valence-corrected chi connectivity index (χ1v) is 7.83. The lowest BCUT2D eigenvalue weighted by Crippen LogP contribution is -2.13. The maximum absolute atomic E-state index is 8.95. The fourth-order valence-electron chi connectivity index (χ4n) is 2.92. The summed E-state index contributed by atoms with van der Waals surface area (Å²) in [7, 11) is 0.